The van der Waals surface area contributed by atoms with Crippen molar-refractivity contribution < 1.29 is 0 Å². The average molecular weight is 331 g/mol. The van der Waals surface area contributed by atoms with Crippen LogP contribution in [0.1, 0.15) is 23.2 Å². The van der Waals surface area contributed by atoms with Gasteiger partial charge in [0, 0.05) is 15.1 Å². The Morgan fingerprint density at radius 2 is 2.11 bits per heavy atom. The largest absolute Gasteiger partial charge is 0.244 e. The molecule has 19 heavy (non-hydrogen) atoms. The lowest BCUT2D eigenvalue weighted by molar-refractivity contribution is 0.891. The van der Waals surface area contributed by atoms with Gasteiger partial charge >= 0.3 is 0 Å². The first-order chi connectivity index (χ1) is 9.28. The number of rotatable bonds is 2. The maximum absolute atomic E-state index is 9.28. The monoisotopic (exact) mass is 330 g/mol. The van der Waals surface area contributed by atoms with Crippen molar-refractivity contribution in [2.45, 2.75) is 29.2 Å². The molecule has 1 aromatic carbocycles. The first-order valence-corrected chi connectivity index (χ1v) is 7.74. The van der Waals surface area contributed by atoms with Crippen LogP contribution in [-0.4, -0.2) is 4.98 Å². The number of nitrogens with zero attached hydrogens (tertiary/aromatic N) is 2. The van der Waals surface area contributed by atoms with Gasteiger partial charge in [0.1, 0.15) is 11.1 Å². The molecule has 0 amide bonds. The number of nitriles is 1. The highest BCUT2D eigenvalue weighted by atomic mass is 79.9. The van der Waals surface area contributed by atoms with Crippen LogP contribution in [0.4, 0.5) is 0 Å². The van der Waals surface area contributed by atoms with E-state index in [0.29, 0.717) is 5.56 Å². The molecule has 0 unspecified atom stereocenters. The molecule has 1 aliphatic carbocycles. The molecule has 0 aliphatic heterocycles. The molecule has 1 aliphatic rings. The van der Waals surface area contributed by atoms with Gasteiger partial charge in [-0.15, -0.1) is 0 Å². The summed E-state index contributed by atoms with van der Waals surface area (Å²) in [6.07, 6.45) is 3.23. The molecule has 4 heteroatoms. The number of aromatic nitrogens is 1. The van der Waals surface area contributed by atoms with E-state index in [2.05, 4.69) is 27.0 Å². The summed E-state index contributed by atoms with van der Waals surface area (Å²) < 4.78 is 1.03. The third-order valence-electron chi connectivity index (χ3n) is 3.18. The molecule has 2 aromatic rings. The van der Waals surface area contributed by atoms with E-state index >= 15 is 0 Å². The summed E-state index contributed by atoms with van der Waals surface area (Å²) in [4.78, 5) is 5.77. The van der Waals surface area contributed by atoms with Gasteiger partial charge in [-0.3, -0.25) is 0 Å². The Bertz CT molecular complexity index is 676. The second-order valence-electron chi connectivity index (χ2n) is 4.44. The predicted molar refractivity (Wildman–Crippen MR) is 79.2 cm³/mol. The summed E-state index contributed by atoms with van der Waals surface area (Å²) >= 11 is 5.08. The van der Waals surface area contributed by atoms with E-state index in [0.717, 1.165) is 39.4 Å². The molecular formula is C15H11BrN2S. The summed E-state index contributed by atoms with van der Waals surface area (Å²) in [6, 6.07) is 12.3. The highest BCUT2D eigenvalue weighted by molar-refractivity contribution is 9.10. The second kappa shape index (κ2) is 5.36. The van der Waals surface area contributed by atoms with Gasteiger partial charge in [0.25, 0.3) is 0 Å². The lowest BCUT2D eigenvalue weighted by Crippen LogP contribution is -1.94. The molecule has 3 rings (SSSR count). The third-order valence-corrected chi connectivity index (χ3v) is 5.21. The van der Waals surface area contributed by atoms with Crippen LogP contribution >= 0.6 is 27.7 Å². The smallest absolute Gasteiger partial charge is 0.119 e. The molecule has 0 N–H and O–H groups in total. The Kier molecular flexibility index (Phi) is 3.58. The quantitative estimate of drug-likeness (QED) is 0.821. The Labute approximate surface area is 125 Å². The van der Waals surface area contributed by atoms with Crippen LogP contribution in [0.25, 0.3) is 0 Å². The van der Waals surface area contributed by atoms with Crippen LogP contribution in [0.15, 0.2) is 44.7 Å². The zero-order valence-corrected chi connectivity index (χ0v) is 12.6. The van der Waals surface area contributed by atoms with E-state index in [1.165, 1.54) is 5.56 Å². The number of hydrogen-bond donors (Lipinski definition) is 0. The van der Waals surface area contributed by atoms with Gasteiger partial charge in [0.05, 0.1) is 5.56 Å². The van der Waals surface area contributed by atoms with Crippen molar-refractivity contribution in [2.24, 2.45) is 0 Å². The average Bonchev–Trinajstić information content (AvgIpc) is 2.87. The molecule has 0 saturated heterocycles. The van der Waals surface area contributed by atoms with E-state index < -0.39 is 0 Å². The van der Waals surface area contributed by atoms with Crippen LogP contribution in [0.5, 0.6) is 0 Å². The molecular weight excluding hydrogens is 320 g/mol. The van der Waals surface area contributed by atoms with Gasteiger partial charge in [0.2, 0.25) is 0 Å². The minimum Gasteiger partial charge on any atom is -0.244 e. The summed E-state index contributed by atoms with van der Waals surface area (Å²) in [5, 5.41) is 10.1. The number of aryl methyl sites for hydroxylation is 2. The van der Waals surface area contributed by atoms with E-state index in [1.807, 2.05) is 30.3 Å². The topological polar surface area (TPSA) is 36.7 Å². The van der Waals surface area contributed by atoms with Crippen LogP contribution in [0.2, 0.25) is 0 Å². The Morgan fingerprint density at radius 3 is 2.89 bits per heavy atom. The first kappa shape index (κ1) is 12.7. The minimum absolute atomic E-state index is 0.682. The maximum atomic E-state index is 9.28. The van der Waals surface area contributed by atoms with Crippen molar-refractivity contribution >= 4 is 27.7 Å². The maximum Gasteiger partial charge on any atom is 0.119 e. The molecule has 2 nitrogen and oxygen atoms in total. The van der Waals surface area contributed by atoms with Crippen molar-refractivity contribution in [3.05, 3.63) is 51.6 Å². The number of fused-ring (bicyclic) bond motifs is 1. The fourth-order valence-electron chi connectivity index (χ4n) is 2.24. The molecule has 0 saturated carbocycles. The molecule has 0 fully saturated rings. The van der Waals surface area contributed by atoms with Crippen LogP contribution in [0, 0.1) is 11.3 Å². The van der Waals surface area contributed by atoms with Gasteiger partial charge in [-0.25, -0.2) is 4.98 Å². The fraction of sp³-hybridized carbons (Fsp3) is 0.200. The van der Waals surface area contributed by atoms with Crippen molar-refractivity contribution in [3.63, 3.8) is 0 Å². The number of benzene rings is 1. The zero-order chi connectivity index (χ0) is 13.2. The van der Waals surface area contributed by atoms with Crippen LogP contribution in [-0.2, 0) is 12.8 Å². The Hall–Kier alpha value is -1.31. The van der Waals surface area contributed by atoms with Gasteiger partial charge in [-0.2, -0.15) is 5.26 Å². The summed E-state index contributed by atoms with van der Waals surface area (Å²) in [6.45, 7) is 0. The highest BCUT2D eigenvalue weighted by Gasteiger charge is 2.17. The lowest BCUT2D eigenvalue weighted by Gasteiger charge is -2.07. The Morgan fingerprint density at radius 1 is 1.26 bits per heavy atom. The zero-order valence-electron chi connectivity index (χ0n) is 10.2. The molecule has 0 atom stereocenters. The van der Waals surface area contributed by atoms with E-state index in [-0.39, 0.29) is 0 Å². The lowest BCUT2D eigenvalue weighted by atomic mass is 10.2. The van der Waals surface area contributed by atoms with Gasteiger partial charge in [0.15, 0.2) is 0 Å². The van der Waals surface area contributed by atoms with Crippen LogP contribution in [0.3, 0.4) is 0 Å². The Balaban J connectivity index is 2.02. The standard InChI is InChI=1S/C15H11BrN2S/c16-12-5-1-2-7-14(12)19-15-11(9-17)8-10-4-3-6-13(10)18-15/h1-2,5,7-8H,3-4,6H2. The molecule has 0 spiro atoms. The van der Waals surface area contributed by atoms with Gasteiger partial charge in [-0.05, 0) is 59.0 Å². The number of hydrogen-bond acceptors (Lipinski definition) is 3. The van der Waals surface area contributed by atoms with Crippen molar-refractivity contribution in [2.75, 3.05) is 0 Å². The SMILES string of the molecule is N#Cc1cc2c(nc1Sc1ccccc1Br)CCC2. The van der Waals surface area contributed by atoms with Crippen molar-refractivity contribution in [3.8, 4) is 6.07 Å². The molecule has 1 aromatic heterocycles. The predicted octanol–water partition coefficient (Wildman–Crippen LogP) is 4.36. The summed E-state index contributed by atoms with van der Waals surface area (Å²) in [7, 11) is 0. The number of halogens is 1. The van der Waals surface area contributed by atoms with Crippen molar-refractivity contribution in [1.82, 2.24) is 4.98 Å². The third kappa shape index (κ3) is 2.54. The second-order valence-corrected chi connectivity index (χ2v) is 6.33. The fourth-order valence-corrected chi connectivity index (χ4v) is 3.66. The molecule has 0 bridgehead atoms. The highest BCUT2D eigenvalue weighted by Crippen LogP contribution is 2.35. The van der Waals surface area contributed by atoms with E-state index in [4.69, 9.17) is 0 Å². The first-order valence-electron chi connectivity index (χ1n) is 6.13. The molecule has 1 heterocycles. The van der Waals surface area contributed by atoms with E-state index in [9.17, 15) is 5.26 Å². The van der Waals surface area contributed by atoms with Crippen molar-refractivity contribution in [1.29, 1.82) is 5.26 Å². The number of pyridine rings is 1. The normalized spacial score (nSPS) is 13.1. The van der Waals surface area contributed by atoms with Crippen LogP contribution < -0.4 is 0 Å². The summed E-state index contributed by atoms with van der Waals surface area (Å²) in [5.41, 5.74) is 3.09. The van der Waals surface area contributed by atoms with Gasteiger partial charge in [-0.1, -0.05) is 23.9 Å². The van der Waals surface area contributed by atoms with E-state index in [1.54, 1.807) is 11.8 Å². The summed E-state index contributed by atoms with van der Waals surface area (Å²) in [5.74, 6) is 0. The molecule has 0 radical (unpaired) electrons. The molecule has 94 valence electrons. The van der Waals surface area contributed by atoms with Gasteiger partial charge < -0.3 is 0 Å². The minimum atomic E-state index is 0.682.